The number of phosphoric acid groups is 1. The Hall–Kier alpha value is -1.81. The average Bonchev–Trinajstić information content (AvgIpc) is 3.18. The third kappa shape index (κ3) is 44.1. The van der Waals surface area contributed by atoms with Gasteiger partial charge in [0.2, 0.25) is 0 Å². The highest BCUT2D eigenvalue weighted by Crippen LogP contribution is 2.38. The van der Waals surface area contributed by atoms with Gasteiger partial charge < -0.3 is 33.0 Å². The second-order valence-corrected chi connectivity index (χ2v) is 18.7. The van der Waals surface area contributed by atoms with Gasteiger partial charge in [-0.3, -0.25) is 14.2 Å². The van der Waals surface area contributed by atoms with Gasteiger partial charge in [0.05, 0.1) is 33.9 Å². The minimum absolute atomic E-state index is 0.0483. The van der Waals surface area contributed by atoms with Crippen LogP contribution in [0.4, 0.5) is 0 Å². The number of rotatable bonds is 43. The van der Waals surface area contributed by atoms with Gasteiger partial charge in [-0.2, -0.15) is 0 Å². The number of hydrogen-bond acceptors (Lipinski definition) is 9. The fourth-order valence-electron chi connectivity index (χ4n) is 6.55. The molecule has 0 saturated heterocycles. The maximum Gasteiger partial charge on any atom is 0.306 e. The fraction of sp³-hybridized carbons (Fsp3) is 0.833. The monoisotopic (exact) mass is 856 g/mol. The zero-order valence-electron chi connectivity index (χ0n) is 38.6. The SMILES string of the molecule is CC/C=C/C/C=C/C=C/C(O)CCCCCCCC(=O)O[C@H](COC(=O)CCCCCCCCCCCCCCCCCCCCC)COP(=O)([O-])OCC[N+](C)(C)C. The van der Waals surface area contributed by atoms with E-state index in [4.69, 9.17) is 18.5 Å². The summed E-state index contributed by atoms with van der Waals surface area (Å²) in [4.78, 5) is 37.6. The molecule has 10 nitrogen and oxygen atoms in total. The molecular weight excluding hydrogens is 766 g/mol. The molecule has 0 aliphatic rings. The van der Waals surface area contributed by atoms with Crippen LogP contribution in [0.5, 0.6) is 0 Å². The minimum atomic E-state index is -4.65. The van der Waals surface area contributed by atoms with E-state index in [1.165, 1.54) is 103 Å². The lowest BCUT2D eigenvalue weighted by atomic mass is 10.0. The van der Waals surface area contributed by atoms with Crippen LogP contribution in [0.2, 0.25) is 0 Å². The Morgan fingerprint density at radius 2 is 1.12 bits per heavy atom. The van der Waals surface area contributed by atoms with Crippen molar-refractivity contribution in [3.8, 4) is 0 Å². The molecule has 0 spiro atoms. The molecule has 0 bridgehead atoms. The van der Waals surface area contributed by atoms with Gasteiger partial charge in [-0.05, 0) is 32.1 Å². The van der Waals surface area contributed by atoms with Crippen LogP contribution in [0.1, 0.15) is 200 Å². The van der Waals surface area contributed by atoms with Gasteiger partial charge in [0.15, 0.2) is 6.10 Å². The van der Waals surface area contributed by atoms with Crippen molar-refractivity contribution in [2.45, 2.75) is 212 Å². The van der Waals surface area contributed by atoms with Crippen molar-refractivity contribution >= 4 is 19.8 Å². The molecule has 0 aliphatic heterocycles. The zero-order chi connectivity index (χ0) is 43.7. The van der Waals surface area contributed by atoms with Gasteiger partial charge in [0.1, 0.15) is 19.8 Å². The normalized spacial score (nSPS) is 14.4. The summed E-state index contributed by atoms with van der Waals surface area (Å²) in [5.74, 6) is -0.904. The number of unbranched alkanes of at least 4 members (excludes halogenated alkanes) is 22. The highest BCUT2D eigenvalue weighted by molar-refractivity contribution is 7.45. The minimum Gasteiger partial charge on any atom is -0.756 e. The maximum atomic E-state index is 12.7. The fourth-order valence-corrected chi connectivity index (χ4v) is 7.27. The van der Waals surface area contributed by atoms with Gasteiger partial charge in [-0.25, -0.2) is 0 Å². The molecule has 0 fully saturated rings. The zero-order valence-corrected chi connectivity index (χ0v) is 39.5. The average molecular weight is 856 g/mol. The number of allylic oxidation sites excluding steroid dienone is 5. The van der Waals surface area contributed by atoms with E-state index in [-0.39, 0.29) is 26.1 Å². The summed E-state index contributed by atoms with van der Waals surface area (Å²) in [7, 11) is 1.11. The molecule has 0 rings (SSSR count). The van der Waals surface area contributed by atoms with Crippen LogP contribution in [-0.2, 0) is 32.7 Å². The molecule has 346 valence electrons. The van der Waals surface area contributed by atoms with Crippen molar-refractivity contribution in [3.05, 3.63) is 36.5 Å². The number of ether oxygens (including phenoxy) is 2. The molecule has 0 radical (unpaired) electrons. The molecule has 11 heteroatoms. The summed E-state index contributed by atoms with van der Waals surface area (Å²) in [6, 6.07) is 0. The van der Waals surface area contributed by atoms with Crippen molar-refractivity contribution < 1.29 is 47.2 Å². The Labute approximate surface area is 362 Å². The highest BCUT2D eigenvalue weighted by Gasteiger charge is 2.21. The number of aliphatic hydroxyl groups excluding tert-OH is 1. The molecule has 3 atom stereocenters. The number of carbonyl (C=O) groups excluding carboxylic acids is 2. The molecule has 59 heavy (non-hydrogen) atoms. The Kier molecular flexibility index (Phi) is 39.0. The second kappa shape index (κ2) is 40.3. The Bertz CT molecular complexity index is 1120. The van der Waals surface area contributed by atoms with Gasteiger partial charge in [-0.15, -0.1) is 0 Å². The van der Waals surface area contributed by atoms with Gasteiger partial charge in [0, 0.05) is 12.8 Å². The number of aliphatic hydroxyl groups is 1. The van der Waals surface area contributed by atoms with Crippen LogP contribution in [0.25, 0.3) is 0 Å². The molecule has 0 amide bonds. The van der Waals surface area contributed by atoms with Crippen LogP contribution < -0.4 is 4.89 Å². The lowest BCUT2D eigenvalue weighted by Crippen LogP contribution is -2.37. The molecule has 2 unspecified atom stereocenters. The van der Waals surface area contributed by atoms with Crippen molar-refractivity contribution in [1.29, 1.82) is 0 Å². The Balaban J connectivity index is 4.34. The summed E-state index contributed by atoms with van der Waals surface area (Å²) in [5.41, 5.74) is 0. The number of hydrogen-bond donors (Lipinski definition) is 1. The van der Waals surface area contributed by atoms with Crippen molar-refractivity contribution in [2.24, 2.45) is 0 Å². The van der Waals surface area contributed by atoms with Crippen LogP contribution in [0.15, 0.2) is 36.5 Å². The number of carbonyl (C=O) groups is 2. The number of esters is 2. The van der Waals surface area contributed by atoms with Crippen molar-refractivity contribution in [1.82, 2.24) is 0 Å². The summed E-state index contributed by atoms with van der Waals surface area (Å²) in [6.07, 6.45) is 41.9. The highest BCUT2D eigenvalue weighted by atomic mass is 31.2. The van der Waals surface area contributed by atoms with Crippen LogP contribution in [-0.4, -0.2) is 81.2 Å². The number of likely N-dealkylation sites (N-methyl/N-ethyl adjacent to an activating group) is 1. The van der Waals surface area contributed by atoms with E-state index in [1.54, 1.807) is 6.08 Å². The largest absolute Gasteiger partial charge is 0.756 e. The standard InChI is InChI=1S/C48H90NO9P/c1-6-8-10-12-14-15-16-17-18-19-20-21-22-23-24-25-27-31-35-39-47(51)55-43-46(44-57-59(53,54)56-42-41-49(3,4)5)58-48(52)40-36-32-28-30-34-38-45(50)37-33-29-26-13-11-9-7-2/h9,11,26,29,33,37,45-46,50H,6-8,10,12-25,27-28,30-32,34-36,38-44H2,1-5H3/b11-9+,29-26+,37-33+/t45?,46-/m1/s1. The van der Waals surface area contributed by atoms with E-state index in [9.17, 15) is 24.2 Å². The summed E-state index contributed by atoms with van der Waals surface area (Å²) in [6.45, 7) is 4.00. The van der Waals surface area contributed by atoms with Crippen molar-refractivity contribution in [3.63, 3.8) is 0 Å². The van der Waals surface area contributed by atoms with E-state index in [2.05, 4.69) is 32.1 Å². The lowest BCUT2D eigenvalue weighted by Gasteiger charge is -2.28. The first kappa shape index (κ1) is 57.2. The predicted molar refractivity (Wildman–Crippen MR) is 242 cm³/mol. The maximum absolute atomic E-state index is 12.7. The lowest BCUT2D eigenvalue weighted by molar-refractivity contribution is -0.870. The summed E-state index contributed by atoms with van der Waals surface area (Å²) in [5, 5.41) is 10.2. The Morgan fingerprint density at radius 1 is 0.627 bits per heavy atom. The molecule has 0 heterocycles. The predicted octanol–water partition coefficient (Wildman–Crippen LogP) is 12.0. The van der Waals surface area contributed by atoms with E-state index in [0.717, 1.165) is 57.8 Å². The molecule has 1 N–H and O–H groups in total. The quantitative estimate of drug-likeness (QED) is 0.0159. The smallest absolute Gasteiger partial charge is 0.306 e. The van der Waals surface area contributed by atoms with E-state index in [0.29, 0.717) is 23.9 Å². The molecule has 0 saturated carbocycles. The second-order valence-electron chi connectivity index (χ2n) is 17.3. The molecule has 0 aromatic heterocycles. The topological polar surface area (TPSA) is 131 Å². The van der Waals surface area contributed by atoms with Gasteiger partial charge in [0.25, 0.3) is 7.82 Å². The van der Waals surface area contributed by atoms with Crippen LogP contribution in [0.3, 0.4) is 0 Å². The summed E-state index contributed by atoms with van der Waals surface area (Å²) >= 11 is 0. The number of phosphoric ester groups is 1. The first-order chi connectivity index (χ1) is 28.4. The van der Waals surface area contributed by atoms with Gasteiger partial charge >= 0.3 is 11.9 Å². The van der Waals surface area contributed by atoms with E-state index >= 15 is 0 Å². The Morgan fingerprint density at radius 3 is 1.63 bits per heavy atom. The summed E-state index contributed by atoms with van der Waals surface area (Å²) < 4.78 is 33.9. The molecule has 0 aromatic rings. The third-order valence-electron chi connectivity index (χ3n) is 10.3. The third-order valence-corrected chi connectivity index (χ3v) is 11.2. The number of quaternary nitrogens is 1. The van der Waals surface area contributed by atoms with Crippen LogP contribution >= 0.6 is 7.82 Å². The molecule has 0 aliphatic carbocycles. The van der Waals surface area contributed by atoms with E-state index < -0.39 is 38.6 Å². The first-order valence-electron chi connectivity index (χ1n) is 23.8. The van der Waals surface area contributed by atoms with Gasteiger partial charge in [-0.1, -0.05) is 192 Å². The van der Waals surface area contributed by atoms with E-state index in [1.807, 2.05) is 33.3 Å². The molecular formula is C48H90NO9P. The van der Waals surface area contributed by atoms with Crippen LogP contribution in [0, 0.1) is 0 Å². The van der Waals surface area contributed by atoms with Crippen molar-refractivity contribution in [2.75, 3.05) is 47.5 Å². The first-order valence-corrected chi connectivity index (χ1v) is 25.3. The molecule has 0 aromatic carbocycles. The number of nitrogens with zero attached hydrogens (tertiary/aromatic N) is 1.